The molecular formula is C12H15I2N3OS. The number of phenols is 1. The van der Waals surface area contributed by atoms with E-state index >= 15 is 0 Å². The Hall–Kier alpha value is -0.160. The van der Waals surface area contributed by atoms with E-state index in [1.165, 1.54) is 0 Å². The van der Waals surface area contributed by atoms with Gasteiger partial charge in [-0.05, 0) is 90.3 Å². The first-order valence-corrected chi connectivity index (χ1v) is 8.05. The molecule has 0 aliphatic heterocycles. The van der Waals surface area contributed by atoms with Crippen molar-refractivity contribution < 1.29 is 5.11 Å². The Morgan fingerprint density at radius 1 is 1.37 bits per heavy atom. The van der Waals surface area contributed by atoms with E-state index in [4.69, 9.17) is 12.2 Å². The van der Waals surface area contributed by atoms with Crippen LogP contribution in [0, 0.1) is 7.14 Å². The summed E-state index contributed by atoms with van der Waals surface area (Å²) >= 11 is 9.38. The van der Waals surface area contributed by atoms with Crippen LogP contribution in [0.25, 0.3) is 0 Å². The topological polar surface area (TPSA) is 56.7 Å². The second kappa shape index (κ2) is 7.02. The number of benzene rings is 1. The lowest BCUT2D eigenvalue weighted by atomic mass is 10.1. The van der Waals surface area contributed by atoms with E-state index in [9.17, 15) is 5.11 Å². The number of thiocarbonyl (C=S) groups is 1. The zero-order valence-corrected chi connectivity index (χ0v) is 15.9. The van der Waals surface area contributed by atoms with Gasteiger partial charge in [-0.15, -0.1) is 0 Å². The van der Waals surface area contributed by atoms with Crippen LogP contribution in [-0.4, -0.2) is 22.0 Å². The predicted molar refractivity (Wildman–Crippen MR) is 99.8 cm³/mol. The van der Waals surface area contributed by atoms with Crippen LogP contribution in [0.4, 0.5) is 0 Å². The number of rotatable bonds is 2. The Bertz CT molecular complexity index is 512. The fourth-order valence-electron chi connectivity index (χ4n) is 1.21. The number of hydrogen-bond donors (Lipinski definition) is 3. The molecule has 0 aromatic heterocycles. The number of halogens is 2. The summed E-state index contributed by atoms with van der Waals surface area (Å²) in [6.45, 7) is 6.04. The zero-order valence-electron chi connectivity index (χ0n) is 10.8. The molecule has 0 fully saturated rings. The third-order valence-electron chi connectivity index (χ3n) is 1.92. The predicted octanol–water partition coefficient (Wildman–Crippen LogP) is 3.20. The van der Waals surface area contributed by atoms with Crippen LogP contribution < -0.4 is 10.7 Å². The molecule has 0 saturated carbocycles. The lowest BCUT2D eigenvalue weighted by Crippen LogP contribution is -2.44. The van der Waals surface area contributed by atoms with Crippen LogP contribution in [0.15, 0.2) is 17.2 Å². The van der Waals surface area contributed by atoms with Gasteiger partial charge in [-0.2, -0.15) is 5.10 Å². The molecule has 3 N–H and O–H groups in total. The van der Waals surface area contributed by atoms with Crippen molar-refractivity contribution in [2.45, 2.75) is 26.3 Å². The molecule has 1 rings (SSSR count). The van der Waals surface area contributed by atoms with Crippen LogP contribution in [0.5, 0.6) is 5.75 Å². The van der Waals surface area contributed by atoms with Crippen LogP contribution in [-0.2, 0) is 0 Å². The first-order chi connectivity index (χ1) is 8.69. The van der Waals surface area contributed by atoms with Crippen molar-refractivity contribution >= 4 is 68.7 Å². The molecule has 0 saturated heterocycles. The molecule has 0 unspecified atom stereocenters. The van der Waals surface area contributed by atoms with E-state index in [0.29, 0.717) is 10.7 Å². The number of phenolic OH excluding ortho intramolecular Hbond substituents is 1. The molecule has 0 amide bonds. The molecule has 0 bridgehead atoms. The molecule has 0 atom stereocenters. The third kappa shape index (κ3) is 6.21. The lowest BCUT2D eigenvalue weighted by molar-refractivity contribution is 0.470. The van der Waals surface area contributed by atoms with E-state index in [2.05, 4.69) is 61.0 Å². The second-order valence-corrected chi connectivity index (χ2v) is 7.72. The summed E-state index contributed by atoms with van der Waals surface area (Å²) < 4.78 is 1.83. The summed E-state index contributed by atoms with van der Waals surface area (Å²) in [5.41, 5.74) is 3.27. The molecule has 104 valence electrons. The molecule has 0 radical (unpaired) electrons. The Morgan fingerprint density at radius 3 is 2.58 bits per heavy atom. The Kier molecular flexibility index (Phi) is 6.24. The van der Waals surface area contributed by atoms with Gasteiger partial charge in [0.2, 0.25) is 0 Å². The van der Waals surface area contributed by atoms with Crippen molar-refractivity contribution in [1.82, 2.24) is 10.7 Å². The quantitative estimate of drug-likeness (QED) is 0.251. The van der Waals surface area contributed by atoms with Crippen LogP contribution in [0.3, 0.4) is 0 Å². The molecule has 4 nitrogen and oxygen atoms in total. The monoisotopic (exact) mass is 503 g/mol. The first-order valence-electron chi connectivity index (χ1n) is 5.48. The highest BCUT2D eigenvalue weighted by molar-refractivity contribution is 14.1. The van der Waals surface area contributed by atoms with Gasteiger partial charge in [0, 0.05) is 14.7 Å². The molecular weight excluding hydrogens is 488 g/mol. The van der Waals surface area contributed by atoms with Gasteiger partial charge in [-0.1, -0.05) is 0 Å². The molecule has 7 heteroatoms. The fourth-order valence-corrected chi connectivity index (χ4v) is 3.46. The van der Waals surface area contributed by atoms with E-state index < -0.39 is 0 Å². The number of hydrazone groups is 1. The minimum atomic E-state index is -0.112. The van der Waals surface area contributed by atoms with Crippen molar-refractivity contribution in [2.24, 2.45) is 5.10 Å². The van der Waals surface area contributed by atoms with Gasteiger partial charge >= 0.3 is 0 Å². The average molecular weight is 503 g/mol. The van der Waals surface area contributed by atoms with E-state index in [1.807, 2.05) is 32.9 Å². The maximum atomic E-state index is 9.90. The summed E-state index contributed by atoms with van der Waals surface area (Å²) in [5.74, 6) is 0.223. The van der Waals surface area contributed by atoms with Gasteiger partial charge in [0.05, 0.1) is 9.78 Å². The Balaban J connectivity index is 2.71. The van der Waals surface area contributed by atoms with E-state index in [1.54, 1.807) is 6.21 Å². The minimum Gasteiger partial charge on any atom is -0.506 e. The second-order valence-electron chi connectivity index (χ2n) is 4.90. The zero-order chi connectivity index (χ0) is 14.6. The summed E-state index contributed by atoms with van der Waals surface area (Å²) in [6.07, 6.45) is 1.55. The molecule has 0 aliphatic rings. The third-order valence-corrected chi connectivity index (χ3v) is 3.55. The molecule has 0 spiro atoms. The summed E-state index contributed by atoms with van der Waals surface area (Å²) in [6, 6.07) is 3.75. The Labute approximate surface area is 145 Å². The lowest BCUT2D eigenvalue weighted by Gasteiger charge is -2.21. The largest absolute Gasteiger partial charge is 0.506 e. The molecule has 0 heterocycles. The van der Waals surface area contributed by atoms with Crippen molar-refractivity contribution in [3.8, 4) is 5.75 Å². The van der Waals surface area contributed by atoms with Crippen LogP contribution in [0.1, 0.15) is 26.3 Å². The van der Waals surface area contributed by atoms with Crippen molar-refractivity contribution in [1.29, 1.82) is 0 Å². The number of aromatic hydroxyl groups is 1. The average Bonchev–Trinajstić information content (AvgIpc) is 2.22. The first kappa shape index (κ1) is 16.9. The van der Waals surface area contributed by atoms with E-state index in [0.717, 1.165) is 7.14 Å². The van der Waals surface area contributed by atoms with Crippen molar-refractivity contribution in [3.05, 3.63) is 24.8 Å². The molecule has 0 aliphatic carbocycles. The highest BCUT2D eigenvalue weighted by atomic mass is 127. The van der Waals surface area contributed by atoms with Gasteiger partial charge in [-0.25, -0.2) is 0 Å². The fraction of sp³-hybridized carbons (Fsp3) is 0.333. The van der Waals surface area contributed by atoms with Gasteiger partial charge in [0.25, 0.3) is 0 Å². The smallest absolute Gasteiger partial charge is 0.187 e. The Morgan fingerprint density at radius 2 is 2.00 bits per heavy atom. The number of nitrogens with one attached hydrogen (secondary N) is 2. The van der Waals surface area contributed by atoms with Gasteiger partial charge in [0.15, 0.2) is 5.11 Å². The highest BCUT2D eigenvalue weighted by Gasteiger charge is 2.10. The van der Waals surface area contributed by atoms with Crippen LogP contribution >= 0.6 is 57.4 Å². The van der Waals surface area contributed by atoms with E-state index in [-0.39, 0.29) is 11.3 Å². The van der Waals surface area contributed by atoms with Gasteiger partial charge < -0.3 is 10.4 Å². The summed E-state index contributed by atoms with van der Waals surface area (Å²) in [4.78, 5) is 0. The SMILES string of the molecule is CC(C)(C)NC(=S)N/N=C/c1cc(I)cc(I)c1O. The van der Waals surface area contributed by atoms with Crippen LogP contribution in [0.2, 0.25) is 0 Å². The molecule has 19 heavy (non-hydrogen) atoms. The number of hydrogen-bond acceptors (Lipinski definition) is 3. The van der Waals surface area contributed by atoms with Crippen molar-refractivity contribution in [3.63, 3.8) is 0 Å². The number of nitrogens with zero attached hydrogens (tertiary/aromatic N) is 1. The molecule has 1 aromatic carbocycles. The summed E-state index contributed by atoms with van der Waals surface area (Å²) in [5, 5.41) is 17.5. The standard InChI is InChI=1S/C12H15I2N3OS/c1-12(2,3)16-11(19)17-15-6-7-4-8(13)5-9(14)10(7)18/h4-6,18H,1-3H3,(H2,16,17,19)/b15-6+. The normalized spacial score (nSPS) is 11.6. The van der Waals surface area contributed by atoms with Gasteiger partial charge in [0.1, 0.15) is 5.75 Å². The highest BCUT2D eigenvalue weighted by Crippen LogP contribution is 2.25. The van der Waals surface area contributed by atoms with Crippen molar-refractivity contribution in [2.75, 3.05) is 0 Å². The summed E-state index contributed by atoms with van der Waals surface area (Å²) in [7, 11) is 0. The molecule has 1 aromatic rings. The maximum absolute atomic E-state index is 9.90. The van der Waals surface area contributed by atoms with Gasteiger partial charge in [-0.3, -0.25) is 5.43 Å². The minimum absolute atomic E-state index is 0.112. The maximum Gasteiger partial charge on any atom is 0.187 e.